The summed E-state index contributed by atoms with van der Waals surface area (Å²) >= 11 is 3.36. The second kappa shape index (κ2) is 5.32. The van der Waals surface area contributed by atoms with E-state index in [1.807, 2.05) is 13.0 Å². The molecule has 0 aromatic heterocycles. The molecule has 0 saturated carbocycles. The highest BCUT2D eigenvalue weighted by molar-refractivity contribution is 9.10. The molecule has 0 saturated heterocycles. The van der Waals surface area contributed by atoms with Crippen molar-refractivity contribution < 1.29 is 14.6 Å². The minimum Gasteiger partial charge on any atom is -0.495 e. The van der Waals surface area contributed by atoms with Crippen molar-refractivity contribution in [3.05, 3.63) is 27.7 Å². The molecule has 0 aliphatic carbocycles. The third kappa shape index (κ3) is 2.36. The standard InChI is InChI=1S/C11H14BrNO3/c1-6-3-4-7(8(5-13)11(14)15)9(12)10(6)16-2/h3-4,8H,5,13H2,1-2H3,(H,14,15). The Kier molecular flexibility index (Phi) is 4.32. The molecular formula is C11H14BrNO3. The van der Waals surface area contributed by atoms with Gasteiger partial charge in [-0.15, -0.1) is 0 Å². The Morgan fingerprint density at radius 3 is 2.69 bits per heavy atom. The Balaban J connectivity index is 3.29. The molecular weight excluding hydrogens is 274 g/mol. The number of rotatable bonds is 4. The van der Waals surface area contributed by atoms with Crippen molar-refractivity contribution in [1.29, 1.82) is 0 Å². The molecule has 1 aromatic carbocycles. The number of ether oxygens (including phenoxy) is 1. The third-order valence-electron chi connectivity index (χ3n) is 2.44. The number of carboxylic acids is 1. The van der Waals surface area contributed by atoms with E-state index < -0.39 is 11.9 Å². The van der Waals surface area contributed by atoms with E-state index in [2.05, 4.69) is 15.9 Å². The lowest BCUT2D eigenvalue weighted by Crippen LogP contribution is -2.21. The number of aliphatic carboxylic acids is 1. The Bertz CT molecular complexity index is 406. The fourth-order valence-electron chi connectivity index (χ4n) is 1.55. The van der Waals surface area contributed by atoms with Gasteiger partial charge in [0.25, 0.3) is 0 Å². The maximum atomic E-state index is 11.0. The quantitative estimate of drug-likeness (QED) is 0.887. The molecule has 0 amide bonds. The topological polar surface area (TPSA) is 72.5 Å². The molecule has 1 rings (SSSR count). The van der Waals surface area contributed by atoms with Crippen LogP contribution in [-0.2, 0) is 4.79 Å². The fourth-order valence-corrected chi connectivity index (χ4v) is 2.43. The SMILES string of the molecule is COc1c(C)ccc(C(CN)C(=O)O)c1Br. The van der Waals surface area contributed by atoms with E-state index in [1.54, 1.807) is 13.2 Å². The van der Waals surface area contributed by atoms with Crippen LogP contribution in [0.25, 0.3) is 0 Å². The van der Waals surface area contributed by atoms with Gasteiger partial charge in [0.2, 0.25) is 0 Å². The maximum Gasteiger partial charge on any atom is 0.312 e. The molecule has 0 heterocycles. The summed E-state index contributed by atoms with van der Waals surface area (Å²) in [5, 5.41) is 9.04. The summed E-state index contributed by atoms with van der Waals surface area (Å²) in [5.74, 6) is -1.00. The van der Waals surface area contributed by atoms with Crippen LogP contribution in [0.5, 0.6) is 5.75 Å². The summed E-state index contributed by atoms with van der Waals surface area (Å²) in [7, 11) is 1.55. The van der Waals surface area contributed by atoms with Crippen LogP contribution in [0, 0.1) is 6.92 Å². The zero-order chi connectivity index (χ0) is 12.3. The van der Waals surface area contributed by atoms with Gasteiger partial charge in [0.1, 0.15) is 5.75 Å². The lowest BCUT2D eigenvalue weighted by Gasteiger charge is -2.16. The van der Waals surface area contributed by atoms with Crippen molar-refractivity contribution in [3.8, 4) is 5.75 Å². The van der Waals surface area contributed by atoms with Gasteiger partial charge in [-0.25, -0.2) is 0 Å². The van der Waals surface area contributed by atoms with Crippen molar-refractivity contribution in [2.45, 2.75) is 12.8 Å². The predicted octanol–water partition coefficient (Wildman–Crippen LogP) is 1.89. The van der Waals surface area contributed by atoms with Gasteiger partial charge in [0.15, 0.2) is 0 Å². The minimum atomic E-state index is -0.936. The molecule has 0 spiro atoms. The van der Waals surface area contributed by atoms with Crippen molar-refractivity contribution in [2.24, 2.45) is 5.73 Å². The number of aryl methyl sites for hydroxylation is 1. The number of carboxylic acid groups (broad SMARTS) is 1. The smallest absolute Gasteiger partial charge is 0.312 e. The molecule has 1 unspecified atom stereocenters. The normalized spacial score (nSPS) is 12.2. The zero-order valence-corrected chi connectivity index (χ0v) is 10.7. The molecule has 4 nitrogen and oxygen atoms in total. The zero-order valence-electron chi connectivity index (χ0n) is 9.16. The number of carbonyl (C=O) groups is 1. The van der Waals surface area contributed by atoms with Gasteiger partial charge in [-0.1, -0.05) is 12.1 Å². The van der Waals surface area contributed by atoms with Crippen LogP contribution in [0.4, 0.5) is 0 Å². The van der Waals surface area contributed by atoms with E-state index >= 15 is 0 Å². The van der Waals surface area contributed by atoms with Gasteiger partial charge in [0, 0.05) is 6.54 Å². The first-order chi connectivity index (χ1) is 7.52. The van der Waals surface area contributed by atoms with Crippen LogP contribution >= 0.6 is 15.9 Å². The van der Waals surface area contributed by atoms with Crippen molar-refractivity contribution >= 4 is 21.9 Å². The highest BCUT2D eigenvalue weighted by atomic mass is 79.9. The van der Waals surface area contributed by atoms with E-state index in [0.29, 0.717) is 15.8 Å². The molecule has 1 atom stereocenters. The number of hydrogen-bond acceptors (Lipinski definition) is 3. The summed E-state index contributed by atoms with van der Waals surface area (Å²) in [6.45, 7) is 1.95. The van der Waals surface area contributed by atoms with Crippen LogP contribution in [0.2, 0.25) is 0 Å². The molecule has 0 bridgehead atoms. The lowest BCUT2D eigenvalue weighted by molar-refractivity contribution is -0.138. The summed E-state index contributed by atoms with van der Waals surface area (Å²) < 4.78 is 5.87. The molecule has 3 N–H and O–H groups in total. The summed E-state index contributed by atoms with van der Waals surface area (Å²) in [6, 6.07) is 3.58. The molecule has 0 radical (unpaired) electrons. The first-order valence-corrected chi connectivity index (χ1v) is 5.58. The van der Waals surface area contributed by atoms with E-state index in [4.69, 9.17) is 15.6 Å². The first kappa shape index (κ1) is 13.0. The summed E-state index contributed by atoms with van der Waals surface area (Å²) in [4.78, 5) is 11.0. The van der Waals surface area contributed by atoms with Gasteiger partial charge in [0.05, 0.1) is 17.5 Å². The highest BCUT2D eigenvalue weighted by Gasteiger charge is 2.22. The molecule has 5 heteroatoms. The van der Waals surface area contributed by atoms with Crippen molar-refractivity contribution in [2.75, 3.05) is 13.7 Å². The second-order valence-corrected chi connectivity index (χ2v) is 4.24. The second-order valence-electron chi connectivity index (χ2n) is 3.45. The monoisotopic (exact) mass is 287 g/mol. The number of halogens is 1. The Hall–Kier alpha value is -1.07. The third-order valence-corrected chi connectivity index (χ3v) is 3.26. The van der Waals surface area contributed by atoms with Crippen LogP contribution in [0.3, 0.4) is 0 Å². The molecule has 0 aliphatic heterocycles. The van der Waals surface area contributed by atoms with Gasteiger partial charge >= 0.3 is 5.97 Å². The van der Waals surface area contributed by atoms with Crippen molar-refractivity contribution in [3.63, 3.8) is 0 Å². The van der Waals surface area contributed by atoms with E-state index in [-0.39, 0.29) is 6.54 Å². The number of methoxy groups -OCH3 is 1. The van der Waals surface area contributed by atoms with Gasteiger partial charge in [-0.05, 0) is 34.0 Å². The summed E-state index contributed by atoms with van der Waals surface area (Å²) in [6.07, 6.45) is 0. The maximum absolute atomic E-state index is 11.0. The van der Waals surface area contributed by atoms with Crippen LogP contribution in [-0.4, -0.2) is 24.7 Å². The first-order valence-electron chi connectivity index (χ1n) is 4.78. The van der Waals surface area contributed by atoms with Crippen molar-refractivity contribution in [1.82, 2.24) is 0 Å². The average molecular weight is 288 g/mol. The molecule has 1 aromatic rings. The van der Waals surface area contributed by atoms with E-state index in [0.717, 1.165) is 5.56 Å². The van der Waals surface area contributed by atoms with Crippen LogP contribution < -0.4 is 10.5 Å². The Morgan fingerprint density at radius 2 is 2.25 bits per heavy atom. The fraction of sp³-hybridized carbons (Fsp3) is 0.364. The largest absolute Gasteiger partial charge is 0.495 e. The summed E-state index contributed by atoms with van der Waals surface area (Å²) in [5.41, 5.74) is 7.04. The number of nitrogens with two attached hydrogens (primary N) is 1. The number of benzene rings is 1. The molecule has 88 valence electrons. The van der Waals surface area contributed by atoms with E-state index in [1.165, 1.54) is 0 Å². The number of hydrogen-bond donors (Lipinski definition) is 2. The molecule has 0 fully saturated rings. The molecule has 0 aliphatic rings. The van der Waals surface area contributed by atoms with Crippen LogP contribution in [0.1, 0.15) is 17.0 Å². The van der Waals surface area contributed by atoms with Gasteiger partial charge < -0.3 is 15.6 Å². The predicted molar refractivity (Wildman–Crippen MR) is 64.9 cm³/mol. The lowest BCUT2D eigenvalue weighted by atomic mass is 9.98. The van der Waals surface area contributed by atoms with E-state index in [9.17, 15) is 4.79 Å². The minimum absolute atomic E-state index is 0.0557. The average Bonchev–Trinajstić information content (AvgIpc) is 2.22. The Morgan fingerprint density at radius 1 is 1.62 bits per heavy atom. The van der Waals surface area contributed by atoms with Crippen LogP contribution in [0.15, 0.2) is 16.6 Å². The Labute approximate surface area is 103 Å². The molecule has 16 heavy (non-hydrogen) atoms. The highest BCUT2D eigenvalue weighted by Crippen LogP contribution is 2.35. The van der Waals surface area contributed by atoms with Gasteiger partial charge in [-0.2, -0.15) is 0 Å². The van der Waals surface area contributed by atoms with Gasteiger partial charge in [-0.3, -0.25) is 4.79 Å².